The summed E-state index contributed by atoms with van der Waals surface area (Å²) >= 11 is 1.62. The fourth-order valence-corrected chi connectivity index (χ4v) is 3.41. The van der Waals surface area contributed by atoms with Crippen molar-refractivity contribution in [3.05, 3.63) is 11.4 Å². The lowest BCUT2D eigenvalue weighted by Gasteiger charge is -2.22. The fraction of sp³-hybridized carbons (Fsp3) is 0.727. The molecule has 0 aliphatic rings. The second-order valence-corrected chi connectivity index (χ2v) is 8.16. The summed E-state index contributed by atoms with van der Waals surface area (Å²) in [5.41, 5.74) is 1.06. The van der Waals surface area contributed by atoms with Gasteiger partial charge < -0.3 is 5.32 Å². The molecule has 1 aromatic heterocycles. The van der Waals surface area contributed by atoms with Gasteiger partial charge in [0.15, 0.2) is 0 Å². The van der Waals surface area contributed by atoms with Gasteiger partial charge in [0.05, 0.1) is 11.4 Å². The first-order valence-electron chi connectivity index (χ1n) is 5.97. The first-order chi connectivity index (χ1) is 8.73. The number of rotatable bonds is 7. The van der Waals surface area contributed by atoms with E-state index < -0.39 is 10.0 Å². The third-order valence-corrected chi connectivity index (χ3v) is 5.67. The topological polar surface area (TPSA) is 86.9 Å². The molecule has 19 heavy (non-hydrogen) atoms. The molecule has 0 aliphatic carbocycles. The minimum absolute atomic E-state index is 0.145. The zero-order valence-electron chi connectivity index (χ0n) is 12.0. The Morgan fingerprint density at radius 3 is 2.58 bits per heavy atom. The maximum atomic E-state index is 12.4. The molecule has 0 unspecified atom stereocenters. The Labute approximate surface area is 119 Å². The number of sulfonamides is 1. The lowest BCUT2D eigenvalue weighted by Crippen LogP contribution is -2.36. The molecule has 110 valence electrons. The van der Waals surface area contributed by atoms with Crippen molar-refractivity contribution in [2.75, 3.05) is 19.8 Å². The summed E-state index contributed by atoms with van der Waals surface area (Å²) in [4.78, 5) is 0.249. The molecule has 0 atom stereocenters. The summed E-state index contributed by atoms with van der Waals surface area (Å²) < 4.78 is 27.2. The van der Waals surface area contributed by atoms with Gasteiger partial charge in [-0.2, -0.15) is 16.9 Å². The summed E-state index contributed by atoms with van der Waals surface area (Å²) in [7, 11) is -1.79. The first kappa shape index (κ1) is 16.5. The van der Waals surface area contributed by atoms with Gasteiger partial charge in [-0.15, -0.1) is 0 Å². The molecule has 0 bridgehead atoms. The lowest BCUT2D eigenvalue weighted by atomic mass is 10.2. The van der Waals surface area contributed by atoms with Crippen LogP contribution >= 0.6 is 11.8 Å². The molecule has 0 fully saturated rings. The summed E-state index contributed by atoms with van der Waals surface area (Å²) in [6.07, 6.45) is 1.96. The van der Waals surface area contributed by atoms with Crippen molar-refractivity contribution in [3.63, 3.8) is 0 Å². The second-order valence-electron chi connectivity index (χ2n) is 4.94. The van der Waals surface area contributed by atoms with E-state index in [1.54, 1.807) is 25.7 Å². The van der Waals surface area contributed by atoms with E-state index in [2.05, 4.69) is 20.2 Å². The molecule has 0 saturated heterocycles. The minimum atomic E-state index is -3.54. The van der Waals surface area contributed by atoms with E-state index in [-0.39, 0.29) is 9.64 Å². The van der Waals surface area contributed by atoms with Crippen LogP contribution in [-0.2, 0) is 16.6 Å². The van der Waals surface area contributed by atoms with Crippen LogP contribution in [0.5, 0.6) is 0 Å². The van der Waals surface area contributed by atoms with E-state index in [9.17, 15) is 8.42 Å². The summed E-state index contributed by atoms with van der Waals surface area (Å²) in [5.74, 6) is 0. The van der Waals surface area contributed by atoms with Gasteiger partial charge in [-0.1, -0.05) is 0 Å². The van der Waals surface area contributed by atoms with Crippen LogP contribution < -0.4 is 10.0 Å². The monoisotopic (exact) mass is 306 g/mol. The number of hydrogen-bond acceptors (Lipinski definition) is 5. The highest BCUT2D eigenvalue weighted by molar-refractivity contribution is 8.00. The van der Waals surface area contributed by atoms with Crippen molar-refractivity contribution in [2.45, 2.75) is 37.0 Å². The molecule has 6 nitrogen and oxygen atoms in total. The molecule has 0 saturated carbocycles. The summed E-state index contributed by atoms with van der Waals surface area (Å²) in [6.45, 7) is 6.49. The van der Waals surface area contributed by atoms with Crippen LogP contribution in [0.1, 0.15) is 25.2 Å². The third-order valence-electron chi connectivity index (χ3n) is 2.81. The Balaban J connectivity index is 2.97. The molecule has 3 N–H and O–H groups in total. The van der Waals surface area contributed by atoms with Crippen molar-refractivity contribution < 1.29 is 8.42 Å². The van der Waals surface area contributed by atoms with Crippen LogP contribution in [0.15, 0.2) is 4.90 Å². The smallest absolute Gasteiger partial charge is 0.244 e. The van der Waals surface area contributed by atoms with Crippen molar-refractivity contribution in [1.82, 2.24) is 20.2 Å². The maximum absolute atomic E-state index is 12.4. The lowest BCUT2D eigenvalue weighted by molar-refractivity contribution is 0.568. The Bertz CT molecular complexity index is 523. The minimum Gasteiger partial charge on any atom is -0.314 e. The quantitative estimate of drug-likeness (QED) is 0.695. The predicted octanol–water partition coefficient (Wildman–Crippen LogP) is 0.857. The molecule has 0 spiro atoms. The average molecular weight is 306 g/mol. The highest BCUT2D eigenvalue weighted by Crippen LogP contribution is 2.22. The molecule has 0 aromatic carbocycles. The Kier molecular flexibility index (Phi) is 5.43. The third kappa shape index (κ3) is 4.20. The number of aromatic amines is 1. The SMILES string of the molecule is CNCc1n[nH]c(C)c1S(=O)(=O)NCC(C)(C)SC. The van der Waals surface area contributed by atoms with Gasteiger partial charge in [0.1, 0.15) is 4.90 Å². The molecule has 1 heterocycles. The number of aryl methyl sites for hydroxylation is 1. The zero-order valence-corrected chi connectivity index (χ0v) is 13.6. The van der Waals surface area contributed by atoms with E-state index in [1.807, 2.05) is 20.1 Å². The van der Waals surface area contributed by atoms with Crippen LogP contribution in [-0.4, -0.2) is 43.2 Å². The normalized spacial score (nSPS) is 12.9. The standard InChI is InChI=1S/C11H22N4O2S2/c1-8-10(9(6-12-4)15-14-8)19(16,17)13-7-11(2,3)18-5/h12-13H,6-7H2,1-5H3,(H,14,15). The summed E-state index contributed by atoms with van der Waals surface area (Å²) in [6, 6.07) is 0. The Hall–Kier alpha value is -0.570. The van der Waals surface area contributed by atoms with Crippen LogP contribution in [0, 0.1) is 6.92 Å². The Morgan fingerprint density at radius 2 is 2.05 bits per heavy atom. The van der Waals surface area contributed by atoms with Crippen LogP contribution in [0.3, 0.4) is 0 Å². The molecular formula is C11H22N4O2S2. The van der Waals surface area contributed by atoms with Gasteiger partial charge in [-0.25, -0.2) is 13.1 Å². The van der Waals surface area contributed by atoms with E-state index in [4.69, 9.17) is 0 Å². The maximum Gasteiger partial charge on any atom is 0.244 e. The Morgan fingerprint density at radius 1 is 1.42 bits per heavy atom. The molecule has 1 aromatic rings. The average Bonchev–Trinajstić information content (AvgIpc) is 2.70. The molecule has 1 rings (SSSR count). The van der Waals surface area contributed by atoms with Gasteiger partial charge >= 0.3 is 0 Å². The van der Waals surface area contributed by atoms with Gasteiger partial charge in [0.2, 0.25) is 10.0 Å². The first-order valence-corrected chi connectivity index (χ1v) is 8.67. The van der Waals surface area contributed by atoms with Crippen LogP contribution in [0.25, 0.3) is 0 Å². The van der Waals surface area contributed by atoms with Crippen molar-refractivity contribution >= 4 is 21.8 Å². The van der Waals surface area contributed by atoms with E-state index in [1.165, 1.54) is 0 Å². The van der Waals surface area contributed by atoms with E-state index >= 15 is 0 Å². The molecule has 8 heteroatoms. The molecule has 0 amide bonds. The van der Waals surface area contributed by atoms with Gasteiger partial charge in [-0.3, -0.25) is 5.10 Å². The van der Waals surface area contributed by atoms with E-state index in [0.717, 1.165) is 0 Å². The number of nitrogens with zero attached hydrogens (tertiary/aromatic N) is 1. The molecule has 0 aliphatic heterocycles. The van der Waals surface area contributed by atoms with E-state index in [0.29, 0.717) is 24.5 Å². The number of H-pyrrole nitrogens is 1. The number of thioether (sulfide) groups is 1. The largest absolute Gasteiger partial charge is 0.314 e. The van der Waals surface area contributed by atoms with Crippen LogP contribution in [0.2, 0.25) is 0 Å². The number of hydrogen-bond donors (Lipinski definition) is 3. The highest BCUT2D eigenvalue weighted by atomic mass is 32.2. The van der Waals surface area contributed by atoms with Gasteiger partial charge in [0.25, 0.3) is 0 Å². The second kappa shape index (κ2) is 6.25. The number of nitrogens with one attached hydrogen (secondary N) is 3. The van der Waals surface area contributed by atoms with Gasteiger partial charge in [-0.05, 0) is 34.1 Å². The van der Waals surface area contributed by atoms with Gasteiger partial charge in [0, 0.05) is 17.8 Å². The van der Waals surface area contributed by atoms with Crippen molar-refractivity contribution in [1.29, 1.82) is 0 Å². The van der Waals surface area contributed by atoms with Crippen molar-refractivity contribution in [3.8, 4) is 0 Å². The molecule has 0 radical (unpaired) electrons. The highest BCUT2D eigenvalue weighted by Gasteiger charge is 2.26. The zero-order chi connectivity index (χ0) is 14.7. The fourth-order valence-electron chi connectivity index (χ4n) is 1.53. The van der Waals surface area contributed by atoms with Crippen molar-refractivity contribution in [2.24, 2.45) is 0 Å². The summed E-state index contributed by atoms with van der Waals surface area (Å²) in [5, 5.41) is 9.66. The predicted molar refractivity (Wildman–Crippen MR) is 78.9 cm³/mol. The number of aromatic nitrogens is 2. The molecular weight excluding hydrogens is 284 g/mol. The van der Waals surface area contributed by atoms with Crippen LogP contribution in [0.4, 0.5) is 0 Å².